The minimum absolute atomic E-state index is 0.00199. The van der Waals surface area contributed by atoms with E-state index in [1.54, 1.807) is 0 Å². The topological polar surface area (TPSA) is 41.6 Å². The number of carbonyl (C=O) groups is 1. The van der Waals surface area contributed by atoms with E-state index in [0.29, 0.717) is 13.2 Å². The smallest absolute Gasteiger partial charge is 0.226 e. The molecule has 2 saturated heterocycles. The van der Waals surface area contributed by atoms with Crippen LogP contribution in [0.4, 0.5) is 5.69 Å². The number of amides is 1. The molecule has 1 amide bonds. The van der Waals surface area contributed by atoms with Crippen molar-refractivity contribution in [3.05, 3.63) is 29.8 Å². The summed E-state index contributed by atoms with van der Waals surface area (Å²) in [5.41, 5.74) is 2.49. The summed E-state index contributed by atoms with van der Waals surface area (Å²) in [6, 6.07) is 8.44. The van der Waals surface area contributed by atoms with Gasteiger partial charge in [-0.05, 0) is 44.2 Å². The number of hydrogen-bond acceptors (Lipinski definition) is 3. The van der Waals surface area contributed by atoms with Crippen LogP contribution >= 0.6 is 0 Å². The molecule has 0 aromatic heterocycles. The van der Waals surface area contributed by atoms with E-state index in [-0.39, 0.29) is 17.9 Å². The van der Waals surface area contributed by atoms with Crippen molar-refractivity contribution in [1.82, 2.24) is 5.32 Å². The summed E-state index contributed by atoms with van der Waals surface area (Å²) in [6.45, 7) is 5.54. The Labute approximate surface area is 132 Å². The van der Waals surface area contributed by atoms with Gasteiger partial charge in [-0.1, -0.05) is 18.2 Å². The lowest BCUT2D eigenvalue weighted by molar-refractivity contribution is -0.126. The molecule has 4 heteroatoms. The van der Waals surface area contributed by atoms with Crippen LogP contribution in [0.3, 0.4) is 0 Å². The first-order valence-electron chi connectivity index (χ1n) is 8.48. The molecule has 2 atom stereocenters. The van der Waals surface area contributed by atoms with Crippen LogP contribution in [-0.2, 0) is 16.1 Å². The second-order valence-corrected chi connectivity index (χ2v) is 6.37. The van der Waals surface area contributed by atoms with Crippen molar-refractivity contribution in [2.75, 3.05) is 24.6 Å². The Kier molecular flexibility index (Phi) is 4.98. The first-order valence-corrected chi connectivity index (χ1v) is 8.48. The van der Waals surface area contributed by atoms with Crippen molar-refractivity contribution in [2.45, 2.75) is 45.3 Å². The summed E-state index contributed by atoms with van der Waals surface area (Å²) < 4.78 is 5.49. The van der Waals surface area contributed by atoms with Gasteiger partial charge in [0.05, 0.1) is 12.0 Å². The molecule has 0 radical (unpaired) electrons. The molecule has 0 spiro atoms. The highest BCUT2D eigenvalue weighted by Crippen LogP contribution is 2.25. The van der Waals surface area contributed by atoms with Gasteiger partial charge in [0.15, 0.2) is 0 Å². The first-order chi connectivity index (χ1) is 10.8. The molecular formula is C18H26N2O2. The van der Waals surface area contributed by atoms with E-state index in [9.17, 15) is 4.79 Å². The zero-order valence-electron chi connectivity index (χ0n) is 13.4. The Balaban J connectivity index is 1.63. The SMILES string of the molecule is C[C@H]1OCC[C@H]1C(=O)NCc1ccccc1N1CCCCC1. The number of carbonyl (C=O) groups excluding carboxylic acids is 1. The van der Waals surface area contributed by atoms with Gasteiger partial charge in [0.2, 0.25) is 5.91 Å². The number of hydrogen-bond donors (Lipinski definition) is 1. The molecule has 1 N–H and O–H groups in total. The fourth-order valence-corrected chi connectivity index (χ4v) is 3.49. The molecule has 2 aliphatic heterocycles. The first kappa shape index (κ1) is 15.3. The fourth-order valence-electron chi connectivity index (χ4n) is 3.49. The Hall–Kier alpha value is -1.55. The summed E-state index contributed by atoms with van der Waals surface area (Å²) in [7, 11) is 0. The fraction of sp³-hybridized carbons (Fsp3) is 0.611. The maximum Gasteiger partial charge on any atom is 0.226 e. The summed E-state index contributed by atoms with van der Waals surface area (Å²) in [5, 5.41) is 3.11. The number of rotatable bonds is 4. The second-order valence-electron chi connectivity index (χ2n) is 6.37. The molecule has 1 aromatic rings. The van der Waals surface area contributed by atoms with E-state index in [2.05, 4.69) is 34.5 Å². The van der Waals surface area contributed by atoms with Gasteiger partial charge < -0.3 is 15.0 Å². The molecule has 0 bridgehead atoms. The largest absolute Gasteiger partial charge is 0.378 e. The van der Waals surface area contributed by atoms with E-state index in [1.165, 1.54) is 30.5 Å². The Morgan fingerprint density at radius 1 is 1.27 bits per heavy atom. The highest BCUT2D eigenvalue weighted by molar-refractivity contribution is 5.79. The zero-order valence-corrected chi connectivity index (χ0v) is 13.4. The molecule has 2 aliphatic rings. The molecule has 120 valence electrons. The van der Waals surface area contributed by atoms with Gasteiger partial charge in [-0.2, -0.15) is 0 Å². The third-order valence-corrected chi connectivity index (χ3v) is 4.85. The highest BCUT2D eigenvalue weighted by atomic mass is 16.5. The van der Waals surface area contributed by atoms with Gasteiger partial charge in [-0.15, -0.1) is 0 Å². The van der Waals surface area contributed by atoms with Gasteiger partial charge in [-0.3, -0.25) is 4.79 Å². The summed E-state index contributed by atoms with van der Waals surface area (Å²) in [4.78, 5) is 14.8. The van der Waals surface area contributed by atoms with Gasteiger partial charge in [0, 0.05) is 31.9 Å². The number of ether oxygens (including phenoxy) is 1. The molecule has 22 heavy (non-hydrogen) atoms. The molecule has 4 nitrogen and oxygen atoms in total. The molecule has 0 saturated carbocycles. The number of nitrogens with zero attached hydrogens (tertiary/aromatic N) is 1. The number of para-hydroxylation sites is 1. The van der Waals surface area contributed by atoms with Crippen LogP contribution in [0.15, 0.2) is 24.3 Å². The lowest BCUT2D eigenvalue weighted by Crippen LogP contribution is -2.35. The second kappa shape index (κ2) is 7.14. The summed E-state index contributed by atoms with van der Waals surface area (Å²) >= 11 is 0. The van der Waals surface area contributed by atoms with Crippen LogP contribution in [0.25, 0.3) is 0 Å². The van der Waals surface area contributed by atoms with E-state index in [4.69, 9.17) is 4.74 Å². The molecule has 3 rings (SSSR count). The van der Waals surface area contributed by atoms with Crippen LogP contribution in [-0.4, -0.2) is 31.7 Å². The molecule has 2 fully saturated rings. The Morgan fingerprint density at radius 3 is 2.77 bits per heavy atom. The lowest BCUT2D eigenvalue weighted by Gasteiger charge is -2.30. The predicted octanol–water partition coefficient (Wildman–Crippen LogP) is 2.72. The van der Waals surface area contributed by atoms with Gasteiger partial charge in [0.1, 0.15) is 0 Å². The van der Waals surface area contributed by atoms with E-state index < -0.39 is 0 Å². The van der Waals surface area contributed by atoms with E-state index in [0.717, 1.165) is 19.5 Å². The number of nitrogens with one attached hydrogen (secondary N) is 1. The standard InChI is InChI=1S/C18H26N2O2/c1-14-16(9-12-22-14)18(21)19-13-15-7-3-4-8-17(15)20-10-5-2-6-11-20/h3-4,7-8,14,16H,2,5-6,9-13H2,1H3,(H,19,21)/t14-,16-/m1/s1. The Bertz CT molecular complexity index is 512. The average Bonchev–Trinajstić information content (AvgIpc) is 3.00. The van der Waals surface area contributed by atoms with Crippen LogP contribution in [0.5, 0.6) is 0 Å². The highest BCUT2D eigenvalue weighted by Gasteiger charge is 2.30. The normalized spacial score (nSPS) is 25.2. The van der Waals surface area contributed by atoms with Crippen LogP contribution in [0.2, 0.25) is 0 Å². The minimum Gasteiger partial charge on any atom is -0.378 e. The van der Waals surface area contributed by atoms with E-state index >= 15 is 0 Å². The van der Waals surface area contributed by atoms with Crippen LogP contribution in [0.1, 0.15) is 38.2 Å². The Morgan fingerprint density at radius 2 is 2.05 bits per heavy atom. The predicted molar refractivity (Wildman–Crippen MR) is 87.9 cm³/mol. The maximum absolute atomic E-state index is 12.3. The van der Waals surface area contributed by atoms with Crippen LogP contribution < -0.4 is 10.2 Å². The van der Waals surface area contributed by atoms with Crippen molar-refractivity contribution in [1.29, 1.82) is 0 Å². The van der Waals surface area contributed by atoms with Crippen molar-refractivity contribution in [3.63, 3.8) is 0 Å². The minimum atomic E-state index is 0.00199. The number of piperidine rings is 1. The van der Waals surface area contributed by atoms with Crippen LogP contribution in [0, 0.1) is 5.92 Å². The maximum atomic E-state index is 12.3. The van der Waals surface area contributed by atoms with E-state index in [1.807, 2.05) is 6.92 Å². The molecule has 0 unspecified atom stereocenters. The van der Waals surface area contributed by atoms with Gasteiger partial charge in [0.25, 0.3) is 0 Å². The third-order valence-electron chi connectivity index (χ3n) is 4.85. The summed E-state index contributed by atoms with van der Waals surface area (Å²) in [5.74, 6) is 0.126. The average molecular weight is 302 g/mol. The lowest BCUT2D eigenvalue weighted by atomic mass is 10.0. The molecule has 2 heterocycles. The monoisotopic (exact) mass is 302 g/mol. The quantitative estimate of drug-likeness (QED) is 0.930. The number of benzene rings is 1. The van der Waals surface area contributed by atoms with Crippen molar-refractivity contribution < 1.29 is 9.53 Å². The van der Waals surface area contributed by atoms with Crippen molar-refractivity contribution in [3.8, 4) is 0 Å². The van der Waals surface area contributed by atoms with Gasteiger partial charge >= 0.3 is 0 Å². The zero-order chi connectivity index (χ0) is 15.4. The molecule has 0 aliphatic carbocycles. The molecule has 1 aromatic carbocycles. The molecular weight excluding hydrogens is 276 g/mol. The van der Waals surface area contributed by atoms with Gasteiger partial charge in [-0.25, -0.2) is 0 Å². The third kappa shape index (κ3) is 3.43. The number of anilines is 1. The van der Waals surface area contributed by atoms with Crippen molar-refractivity contribution >= 4 is 11.6 Å². The summed E-state index contributed by atoms with van der Waals surface area (Å²) in [6.07, 6.45) is 4.72. The van der Waals surface area contributed by atoms with Crippen molar-refractivity contribution in [2.24, 2.45) is 5.92 Å².